The average molecular weight is 502 g/mol. The zero-order chi connectivity index (χ0) is 25.2. The number of halogens is 1. The van der Waals surface area contributed by atoms with Crippen molar-refractivity contribution in [1.29, 1.82) is 0 Å². The average Bonchev–Trinajstić information content (AvgIpc) is 3.22. The molecule has 2 aromatic carbocycles. The van der Waals surface area contributed by atoms with Crippen molar-refractivity contribution in [3.8, 4) is 0 Å². The summed E-state index contributed by atoms with van der Waals surface area (Å²) in [5.41, 5.74) is 5.20. The van der Waals surface area contributed by atoms with Crippen LogP contribution in [0.3, 0.4) is 0 Å². The van der Waals surface area contributed by atoms with Crippen LogP contribution in [0.5, 0.6) is 0 Å². The van der Waals surface area contributed by atoms with Gasteiger partial charge in [0.15, 0.2) is 5.65 Å². The number of likely N-dealkylation sites (tertiary alicyclic amines) is 1. The van der Waals surface area contributed by atoms with Crippen LogP contribution in [0.15, 0.2) is 60.8 Å². The molecule has 0 atom stereocenters. The predicted octanol–water partition coefficient (Wildman–Crippen LogP) is 6.61. The standard InChI is InChI=1S/C29H32ClN5O/c1-19(2)22-9-11-23(12-10-22)32-29(36)25-17-31-28-26(27(25)30)20(3)33-35(28)24-13-15-34(16-14-24)18-21-7-5-4-6-8-21/h4-12,17,19,24H,13-16,18H2,1-3H3,(H,32,36). The van der Waals surface area contributed by atoms with E-state index in [0.29, 0.717) is 16.5 Å². The Morgan fingerprint density at radius 1 is 1.08 bits per heavy atom. The quantitative estimate of drug-likeness (QED) is 0.323. The van der Waals surface area contributed by atoms with Crippen LogP contribution in [0.1, 0.15) is 65.8 Å². The van der Waals surface area contributed by atoms with Crippen LogP contribution in [0.25, 0.3) is 11.0 Å². The van der Waals surface area contributed by atoms with Crippen LogP contribution in [0, 0.1) is 6.92 Å². The molecule has 7 heteroatoms. The van der Waals surface area contributed by atoms with Crippen molar-refractivity contribution >= 4 is 34.2 Å². The zero-order valence-electron chi connectivity index (χ0n) is 21.0. The minimum absolute atomic E-state index is 0.260. The summed E-state index contributed by atoms with van der Waals surface area (Å²) in [5, 5.41) is 8.92. The highest BCUT2D eigenvalue weighted by Crippen LogP contribution is 2.33. The normalized spacial score (nSPS) is 15.0. The van der Waals surface area contributed by atoms with Crippen molar-refractivity contribution in [2.45, 2.75) is 52.1 Å². The molecule has 5 rings (SSSR count). The number of piperidine rings is 1. The monoisotopic (exact) mass is 501 g/mol. The highest BCUT2D eigenvalue weighted by Gasteiger charge is 2.26. The lowest BCUT2D eigenvalue weighted by atomic mass is 10.0. The molecule has 36 heavy (non-hydrogen) atoms. The minimum Gasteiger partial charge on any atom is -0.322 e. The van der Waals surface area contributed by atoms with Crippen molar-refractivity contribution in [1.82, 2.24) is 19.7 Å². The molecule has 186 valence electrons. The molecule has 2 aromatic heterocycles. The van der Waals surface area contributed by atoms with Crippen molar-refractivity contribution < 1.29 is 4.79 Å². The lowest BCUT2D eigenvalue weighted by molar-refractivity contribution is 0.102. The van der Waals surface area contributed by atoms with Crippen molar-refractivity contribution in [2.75, 3.05) is 18.4 Å². The Morgan fingerprint density at radius 2 is 1.78 bits per heavy atom. The fraction of sp³-hybridized carbons (Fsp3) is 0.345. The van der Waals surface area contributed by atoms with Crippen LogP contribution in [0.4, 0.5) is 5.69 Å². The number of rotatable bonds is 6. The maximum Gasteiger partial charge on any atom is 0.258 e. The Kier molecular flexibility index (Phi) is 7.08. The summed E-state index contributed by atoms with van der Waals surface area (Å²) in [6.45, 7) is 9.20. The number of carbonyl (C=O) groups is 1. The molecule has 1 fully saturated rings. The molecule has 1 N–H and O–H groups in total. The molecular formula is C29H32ClN5O. The Labute approximate surface area is 217 Å². The highest BCUT2D eigenvalue weighted by atomic mass is 35.5. The number of hydrogen-bond acceptors (Lipinski definition) is 4. The van der Waals surface area contributed by atoms with Crippen molar-refractivity contribution in [2.24, 2.45) is 0 Å². The minimum atomic E-state index is -0.270. The third kappa shape index (κ3) is 5.01. The third-order valence-electron chi connectivity index (χ3n) is 7.06. The third-order valence-corrected chi connectivity index (χ3v) is 7.46. The number of nitrogens with one attached hydrogen (secondary N) is 1. The SMILES string of the molecule is Cc1nn(C2CCN(Cc3ccccc3)CC2)c2ncc(C(=O)Nc3ccc(C(C)C)cc3)c(Cl)c12. The van der Waals surface area contributed by atoms with E-state index in [4.69, 9.17) is 16.7 Å². The lowest BCUT2D eigenvalue weighted by Crippen LogP contribution is -2.34. The number of nitrogens with zero attached hydrogens (tertiary/aromatic N) is 4. The van der Waals surface area contributed by atoms with E-state index < -0.39 is 0 Å². The number of pyridine rings is 1. The summed E-state index contributed by atoms with van der Waals surface area (Å²) in [7, 11) is 0. The number of benzene rings is 2. The number of aryl methyl sites for hydroxylation is 1. The van der Waals surface area contributed by atoms with Crippen LogP contribution in [-0.4, -0.2) is 38.7 Å². The van der Waals surface area contributed by atoms with Crippen LogP contribution in [-0.2, 0) is 6.54 Å². The second-order valence-corrected chi connectivity index (χ2v) is 10.3. The number of anilines is 1. The molecule has 1 aliphatic heterocycles. The maximum absolute atomic E-state index is 13.0. The molecule has 0 aliphatic carbocycles. The molecule has 0 bridgehead atoms. The number of fused-ring (bicyclic) bond motifs is 1. The summed E-state index contributed by atoms with van der Waals surface area (Å²) in [5.74, 6) is 0.166. The summed E-state index contributed by atoms with van der Waals surface area (Å²) in [6, 6.07) is 18.7. The van der Waals surface area contributed by atoms with Gasteiger partial charge in [-0.1, -0.05) is 67.9 Å². The second kappa shape index (κ2) is 10.4. The number of amides is 1. The van der Waals surface area contributed by atoms with Gasteiger partial charge in [0.25, 0.3) is 5.91 Å². The molecule has 1 aliphatic rings. The maximum atomic E-state index is 13.0. The first-order valence-electron chi connectivity index (χ1n) is 12.6. The Hall–Kier alpha value is -3.22. The smallest absolute Gasteiger partial charge is 0.258 e. The zero-order valence-corrected chi connectivity index (χ0v) is 21.8. The molecule has 1 saturated heterocycles. The van der Waals surface area contributed by atoms with Gasteiger partial charge in [-0.2, -0.15) is 5.10 Å². The number of hydrogen-bond donors (Lipinski definition) is 1. The largest absolute Gasteiger partial charge is 0.322 e. The van der Waals surface area contributed by atoms with Gasteiger partial charge < -0.3 is 5.32 Å². The molecule has 0 unspecified atom stereocenters. The van der Waals surface area contributed by atoms with Crippen LogP contribution < -0.4 is 5.32 Å². The number of carbonyl (C=O) groups excluding carboxylic acids is 1. The molecule has 0 radical (unpaired) electrons. The van der Waals surface area contributed by atoms with Gasteiger partial charge in [-0.25, -0.2) is 9.67 Å². The van der Waals surface area contributed by atoms with Gasteiger partial charge in [-0.3, -0.25) is 9.69 Å². The highest BCUT2D eigenvalue weighted by molar-refractivity contribution is 6.39. The molecule has 6 nitrogen and oxygen atoms in total. The van der Waals surface area contributed by atoms with E-state index in [-0.39, 0.29) is 11.9 Å². The first-order valence-corrected chi connectivity index (χ1v) is 13.0. The van der Waals surface area contributed by atoms with Crippen LogP contribution in [0.2, 0.25) is 5.02 Å². The van der Waals surface area contributed by atoms with Gasteiger partial charge in [-0.15, -0.1) is 0 Å². The van der Waals surface area contributed by atoms with Crippen LogP contribution >= 0.6 is 11.6 Å². The van der Waals surface area contributed by atoms with E-state index in [1.807, 2.05) is 35.9 Å². The number of aromatic nitrogens is 3. The van der Waals surface area contributed by atoms with Crippen molar-refractivity contribution in [3.63, 3.8) is 0 Å². The van der Waals surface area contributed by atoms with Gasteiger partial charge in [0, 0.05) is 31.5 Å². The molecule has 0 spiro atoms. The summed E-state index contributed by atoms with van der Waals surface area (Å²) in [6.07, 6.45) is 3.57. The van der Waals surface area contributed by atoms with E-state index in [1.54, 1.807) is 6.20 Å². The van der Waals surface area contributed by atoms with Gasteiger partial charge in [0.05, 0.1) is 27.7 Å². The first-order chi connectivity index (χ1) is 17.4. The van der Waals surface area contributed by atoms with Crippen molar-refractivity contribution in [3.05, 3.63) is 88.2 Å². The Bertz CT molecular complexity index is 1360. The van der Waals surface area contributed by atoms with Gasteiger partial charge >= 0.3 is 0 Å². The fourth-order valence-corrected chi connectivity index (χ4v) is 5.32. The summed E-state index contributed by atoms with van der Waals surface area (Å²) in [4.78, 5) is 20.2. The predicted molar refractivity (Wildman–Crippen MR) is 146 cm³/mol. The summed E-state index contributed by atoms with van der Waals surface area (Å²) < 4.78 is 2.02. The fourth-order valence-electron chi connectivity index (χ4n) is 4.96. The second-order valence-electron chi connectivity index (χ2n) is 9.94. The topological polar surface area (TPSA) is 63.1 Å². The van der Waals surface area contributed by atoms with E-state index in [1.165, 1.54) is 11.1 Å². The van der Waals surface area contributed by atoms with E-state index in [0.717, 1.165) is 54.9 Å². The summed E-state index contributed by atoms with van der Waals surface area (Å²) >= 11 is 6.78. The van der Waals surface area contributed by atoms with Gasteiger partial charge in [-0.05, 0) is 48.9 Å². The molecule has 4 aromatic rings. The molecular weight excluding hydrogens is 470 g/mol. The van der Waals surface area contributed by atoms with Gasteiger partial charge in [0.2, 0.25) is 0 Å². The van der Waals surface area contributed by atoms with Gasteiger partial charge in [0.1, 0.15) is 0 Å². The molecule has 0 saturated carbocycles. The van der Waals surface area contributed by atoms with E-state index in [2.05, 4.69) is 59.4 Å². The molecule has 1 amide bonds. The Morgan fingerprint density at radius 3 is 2.44 bits per heavy atom. The first kappa shape index (κ1) is 24.5. The van der Waals surface area contributed by atoms with E-state index >= 15 is 0 Å². The Balaban J connectivity index is 1.31. The van der Waals surface area contributed by atoms with E-state index in [9.17, 15) is 4.79 Å². The molecule has 3 heterocycles. The lowest BCUT2D eigenvalue weighted by Gasteiger charge is -2.32.